The minimum atomic E-state index is -0.299. The molecule has 0 saturated heterocycles. The Hall–Kier alpha value is -2.08. The zero-order chi connectivity index (χ0) is 15.9. The molecule has 0 aliphatic heterocycles. The Morgan fingerprint density at radius 2 is 1.95 bits per heavy atom. The number of amides is 3. The zero-order valence-corrected chi connectivity index (χ0v) is 12.8. The minimum Gasteiger partial charge on any atom is -0.394 e. The number of nitrogens with one attached hydrogen (secondary N) is 3. The molecule has 120 valence electrons. The fourth-order valence-electron chi connectivity index (χ4n) is 1.99. The van der Waals surface area contributed by atoms with Crippen molar-refractivity contribution in [3.8, 4) is 0 Å². The summed E-state index contributed by atoms with van der Waals surface area (Å²) in [6.45, 7) is 2.22. The number of carbonyl (C=O) groups is 2. The van der Waals surface area contributed by atoms with E-state index in [1.165, 1.54) is 0 Å². The van der Waals surface area contributed by atoms with Crippen LogP contribution in [-0.2, 0) is 11.3 Å². The third kappa shape index (κ3) is 5.04. The van der Waals surface area contributed by atoms with Gasteiger partial charge in [-0.1, -0.05) is 19.1 Å². The van der Waals surface area contributed by atoms with Gasteiger partial charge in [0.05, 0.1) is 12.6 Å². The fraction of sp³-hybridized carbons (Fsp3) is 0.500. The summed E-state index contributed by atoms with van der Waals surface area (Å²) >= 11 is 0. The lowest BCUT2D eigenvalue weighted by atomic mass is 10.2. The minimum absolute atomic E-state index is 0.0701. The van der Waals surface area contributed by atoms with Gasteiger partial charge in [0.25, 0.3) is 0 Å². The number of benzene rings is 1. The van der Waals surface area contributed by atoms with Gasteiger partial charge in [0.2, 0.25) is 5.91 Å². The first kappa shape index (κ1) is 16.3. The number of carbonyl (C=O) groups excluding carboxylic acids is 2. The zero-order valence-electron chi connectivity index (χ0n) is 12.8. The van der Waals surface area contributed by atoms with E-state index in [2.05, 4.69) is 16.0 Å². The summed E-state index contributed by atoms with van der Waals surface area (Å²) in [5, 5.41) is 17.3. The van der Waals surface area contributed by atoms with Crippen LogP contribution in [0.2, 0.25) is 0 Å². The monoisotopic (exact) mass is 305 g/mol. The molecule has 1 aliphatic carbocycles. The molecule has 1 fully saturated rings. The Balaban J connectivity index is 1.76. The number of hydrogen-bond donors (Lipinski definition) is 4. The largest absolute Gasteiger partial charge is 0.394 e. The number of aliphatic hydroxyl groups excluding tert-OH is 1. The highest BCUT2D eigenvalue weighted by Crippen LogP contribution is 2.30. The third-order valence-corrected chi connectivity index (χ3v) is 3.67. The lowest BCUT2D eigenvalue weighted by Gasteiger charge is -2.14. The van der Waals surface area contributed by atoms with Crippen LogP contribution in [0, 0.1) is 5.92 Å². The first-order chi connectivity index (χ1) is 10.6. The van der Waals surface area contributed by atoms with Crippen molar-refractivity contribution in [3.63, 3.8) is 0 Å². The fourth-order valence-corrected chi connectivity index (χ4v) is 1.99. The molecule has 1 atom stereocenters. The highest BCUT2D eigenvalue weighted by Gasteiger charge is 2.29. The van der Waals surface area contributed by atoms with Gasteiger partial charge in [0.15, 0.2) is 0 Å². The average molecular weight is 305 g/mol. The molecule has 3 amide bonds. The van der Waals surface area contributed by atoms with Crippen molar-refractivity contribution in [3.05, 3.63) is 29.8 Å². The smallest absolute Gasteiger partial charge is 0.315 e. The van der Waals surface area contributed by atoms with Crippen molar-refractivity contribution in [2.24, 2.45) is 5.92 Å². The van der Waals surface area contributed by atoms with Crippen LogP contribution in [0.25, 0.3) is 0 Å². The Morgan fingerprint density at radius 3 is 2.50 bits per heavy atom. The molecule has 6 nitrogen and oxygen atoms in total. The van der Waals surface area contributed by atoms with E-state index in [9.17, 15) is 9.59 Å². The van der Waals surface area contributed by atoms with Crippen LogP contribution in [0.4, 0.5) is 10.5 Å². The molecule has 0 bridgehead atoms. The van der Waals surface area contributed by atoms with Gasteiger partial charge in [-0.2, -0.15) is 0 Å². The third-order valence-electron chi connectivity index (χ3n) is 3.67. The van der Waals surface area contributed by atoms with Crippen LogP contribution in [0.15, 0.2) is 24.3 Å². The number of anilines is 1. The molecule has 1 aromatic carbocycles. The van der Waals surface area contributed by atoms with E-state index >= 15 is 0 Å². The summed E-state index contributed by atoms with van der Waals surface area (Å²) in [5.74, 6) is 0.267. The van der Waals surface area contributed by atoms with Crippen LogP contribution in [0.5, 0.6) is 0 Å². The summed E-state index contributed by atoms with van der Waals surface area (Å²) in [5.41, 5.74) is 1.72. The molecule has 1 saturated carbocycles. The van der Waals surface area contributed by atoms with Crippen molar-refractivity contribution in [2.45, 2.75) is 38.8 Å². The summed E-state index contributed by atoms with van der Waals surface area (Å²) in [4.78, 5) is 23.3. The molecular formula is C16H23N3O3. The number of urea groups is 1. The Labute approximate surface area is 130 Å². The second-order valence-corrected chi connectivity index (χ2v) is 5.58. The second-order valence-electron chi connectivity index (χ2n) is 5.58. The molecule has 22 heavy (non-hydrogen) atoms. The summed E-state index contributed by atoms with van der Waals surface area (Å²) in [6, 6.07) is 6.88. The lowest BCUT2D eigenvalue weighted by Crippen LogP contribution is -2.43. The Kier molecular flexibility index (Phi) is 5.77. The molecule has 4 N–H and O–H groups in total. The molecule has 0 radical (unpaired) electrons. The van der Waals surface area contributed by atoms with Crippen molar-refractivity contribution >= 4 is 17.6 Å². The molecular weight excluding hydrogens is 282 g/mol. The highest BCUT2D eigenvalue weighted by molar-refractivity contribution is 5.94. The van der Waals surface area contributed by atoms with Crippen LogP contribution < -0.4 is 16.0 Å². The maximum Gasteiger partial charge on any atom is 0.315 e. The van der Waals surface area contributed by atoms with Crippen LogP contribution in [0.3, 0.4) is 0 Å². The molecule has 1 aliphatic rings. The number of hydrogen-bond acceptors (Lipinski definition) is 3. The predicted molar refractivity (Wildman–Crippen MR) is 84.3 cm³/mol. The topological polar surface area (TPSA) is 90.5 Å². The first-order valence-electron chi connectivity index (χ1n) is 7.67. The van der Waals surface area contributed by atoms with Gasteiger partial charge in [-0.25, -0.2) is 4.79 Å². The van der Waals surface area contributed by atoms with Gasteiger partial charge < -0.3 is 21.1 Å². The van der Waals surface area contributed by atoms with E-state index in [0.29, 0.717) is 13.0 Å². The maximum absolute atomic E-state index is 11.6. The van der Waals surface area contributed by atoms with E-state index in [-0.39, 0.29) is 30.5 Å². The Morgan fingerprint density at radius 1 is 1.27 bits per heavy atom. The number of aliphatic hydroxyl groups is 1. The van der Waals surface area contributed by atoms with Gasteiger partial charge in [0.1, 0.15) is 0 Å². The summed E-state index contributed by atoms with van der Waals surface area (Å²) < 4.78 is 0. The van der Waals surface area contributed by atoms with Gasteiger partial charge in [-0.3, -0.25) is 4.79 Å². The SMILES string of the molecule is CCC(CO)NC(=O)NCc1ccc(NC(=O)C2CC2)cc1. The van der Waals surface area contributed by atoms with Gasteiger partial charge >= 0.3 is 6.03 Å². The van der Waals surface area contributed by atoms with Crippen LogP contribution in [-0.4, -0.2) is 29.7 Å². The molecule has 1 unspecified atom stereocenters. The van der Waals surface area contributed by atoms with Crippen LogP contribution in [0.1, 0.15) is 31.7 Å². The van der Waals surface area contributed by atoms with E-state index < -0.39 is 0 Å². The first-order valence-corrected chi connectivity index (χ1v) is 7.67. The normalized spacial score (nSPS) is 15.0. The van der Waals surface area contributed by atoms with Gasteiger partial charge in [0, 0.05) is 18.2 Å². The lowest BCUT2D eigenvalue weighted by molar-refractivity contribution is -0.117. The Bertz CT molecular complexity index is 508. The molecule has 0 spiro atoms. The second kappa shape index (κ2) is 7.79. The average Bonchev–Trinajstić information content (AvgIpc) is 3.36. The molecule has 0 aromatic heterocycles. The van der Waals surface area contributed by atoms with E-state index in [1.807, 2.05) is 31.2 Å². The highest BCUT2D eigenvalue weighted by atomic mass is 16.3. The summed E-state index contributed by atoms with van der Waals surface area (Å²) in [6.07, 6.45) is 2.64. The maximum atomic E-state index is 11.6. The van der Waals surface area contributed by atoms with E-state index in [4.69, 9.17) is 5.11 Å². The van der Waals surface area contributed by atoms with E-state index in [0.717, 1.165) is 24.1 Å². The van der Waals surface area contributed by atoms with Crippen molar-refractivity contribution in [1.29, 1.82) is 0 Å². The quantitative estimate of drug-likeness (QED) is 0.617. The van der Waals surface area contributed by atoms with Crippen molar-refractivity contribution in [2.75, 3.05) is 11.9 Å². The van der Waals surface area contributed by atoms with Gasteiger partial charge in [-0.15, -0.1) is 0 Å². The van der Waals surface area contributed by atoms with Gasteiger partial charge in [-0.05, 0) is 37.0 Å². The summed E-state index contributed by atoms with van der Waals surface area (Å²) in [7, 11) is 0. The van der Waals surface area contributed by atoms with Crippen molar-refractivity contribution in [1.82, 2.24) is 10.6 Å². The standard InChI is InChI=1S/C16H23N3O3/c1-2-13(10-20)19-16(22)17-9-11-3-7-14(8-4-11)18-15(21)12-5-6-12/h3-4,7-8,12-13,20H,2,5-6,9-10H2,1H3,(H,18,21)(H2,17,19,22). The predicted octanol–water partition coefficient (Wildman–Crippen LogP) is 1.61. The molecule has 0 heterocycles. The molecule has 1 aromatic rings. The van der Waals surface area contributed by atoms with Crippen LogP contribution >= 0.6 is 0 Å². The number of rotatable bonds is 7. The van der Waals surface area contributed by atoms with Crippen molar-refractivity contribution < 1.29 is 14.7 Å². The van der Waals surface area contributed by atoms with E-state index in [1.54, 1.807) is 0 Å². The molecule has 6 heteroatoms. The molecule has 2 rings (SSSR count).